The standard InChI is InChI=1S/C13H14O4S/c14-12(15)13(5-1-6-13)10-3-2-9-4-7-18(16,17)11(9)8-10/h2-3,8H,1,4-7H2,(H,14,15). The number of sulfone groups is 1. The van der Waals surface area contributed by atoms with Crippen LogP contribution in [0.1, 0.15) is 30.4 Å². The van der Waals surface area contributed by atoms with Crippen molar-refractivity contribution in [3.63, 3.8) is 0 Å². The minimum absolute atomic E-state index is 0.145. The van der Waals surface area contributed by atoms with Crippen LogP contribution in [0, 0.1) is 0 Å². The van der Waals surface area contributed by atoms with Crippen LogP contribution in [-0.2, 0) is 26.5 Å². The first-order chi connectivity index (χ1) is 8.46. The van der Waals surface area contributed by atoms with E-state index in [9.17, 15) is 18.3 Å². The van der Waals surface area contributed by atoms with E-state index < -0.39 is 21.2 Å². The molecule has 1 aromatic rings. The van der Waals surface area contributed by atoms with E-state index in [4.69, 9.17) is 0 Å². The maximum absolute atomic E-state index is 11.9. The Morgan fingerprint density at radius 1 is 1.28 bits per heavy atom. The lowest BCUT2D eigenvalue weighted by Crippen LogP contribution is -2.42. The molecule has 0 amide bonds. The summed E-state index contributed by atoms with van der Waals surface area (Å²) in [7, 11) is -3.19. The van der Waals surface area contributed by atoms with E-state index in [-0.39, 0.29) is 5.75 Å². The molecular formula is C13H14O4S. The van der Waals surface area contributed by atoms with Crippen LogP contribution in [-0.4, -0.2) is 25.2 Å². The Hall–Kier alpha value is -1.36. The molecule has 2 aliphatic rings. The van der Waals surface area contributed by atoms with Crippen LogP contribution in [0.3, 0.4) is 0 Å². The molecule has 0 radical (unpaired) electrons. The summed E-state index contributed by atoms with van der Waals surface area (Å²) in [5.74, 6) is -0.699. The van der Waals surface area contributed by atoms with E-state index in [0.717, 1.165) is 12.0 Å². The molecule has 0 saturated heterocycles. The first-order valence-corrected chi connectivity index (χ1v) is 7.70. The average molecular weight is 266 g/mol. The molecule has 1 fully saturated rings. The molecule has 18 heavy (non-hydrogen) atoms. The van der Waals surface area contributed by atoms with Crippen molar-refractivity contribution in [2.75, 3.05) is 5.75 Å². The number of benzene rings is 1. The van der Waals surface area contributed by atoms with E-state index in [0.29, 0.717) is 29.7 Å². The smallest absolute Gasteiger partial charge is 0.314 e. The number of hydrogen-bond donors (Lipinski definition) is 1. The Balaban J connectivity index is 2.14. The molecule has 1 heterocycles. The Morgan fingerprint density at radius 2 is 2.00 bits per heavy atom. The maximum Gasteiger partial charge on any atom is 0.314 e. The van der Waals surface area contributed by atoms with Gasteiger partial charge in [-0.2, -0.15) is 0 Å². The zero-order valence-electron chi connectivity index (χ0n) is 9.85. The van der Waals surface area contributed by atoms with Gasteiger partial charge in [0.15, 0.2) is 9.84 Å². The number of aryl methyl sites for hydroxylation is 1. The van der Waals surface area contributed by atoms with Crippen LogP contribution in [0.15, 0.2) is 23.1 Å². The lowest BCUT2D eigenvalue weighted by atomic mass is 9.64. The molecule has 0 aromatic heterocycles. The summed E-state index contributed by atoms with van der Waals surface area (Å²) in [5, 5.41) is 9.37. The highest BCUT2D eigenvalue weighted by Crippen LogP contribution is 2.45. The third-order valence-corrected chi connectivity index (χ3v) is 6.00. The molecule has 0 bridgehead atoms. The van der Waals surface area contributed by atoms with Gasteiger partial charge in [0.2, 0.25) is 0 Å². The minimum Gasteiger partial charge on any atom is -0.481 e. The molecule has 96 valence electrons. The normalized spacial score (nSPS) is 23.1. The van der Waals surface area contributed by atoms with Crippen molar-refractivity contribution in [3.8, 4) is 0 Å². The van der Waals surface area contributed by atoms with E-state index in [1.807, 2.05) is 0 Å². The number of carboxylic acid groups (broad SMARTS) is 1. The van der Waals surface area contributed by atoms with Gasteiger partial charge in [-0.15, -0.1) is 0 Å². The van der Waals surface area contributed by atoms with Crippen LogP contribution < -0.4 is 0 Å². The predicted octanol–water partition coefficient (Wildman–Crippen LogP) is 1.52. The van der Waals surface area contributed by atoms with Crippen molar-refractivity contribution in [3.05, 3.63) is 29.3 Å². The molecule has 5 heteroatoms. The Bertz CT molecular complexity index is 626. The molecule has 1 aliphatic carbocycles. The number of aliphatic carboxylic acids is 1. The van der Waals surface area contributed by atoms with Crippen LogP contribution in [0.5, 0.6) is 0 Å². The second-order valence-electron chi connectivity index (χ2n) is 5.13. The third kappa shape index (κ3) is 1.43. The van der Waals surface area contributed by atoms with Crippen LogP contribution in [0.2, 0.25) is 0 Å². The van der Waals surface area contributed by atoms with Gasteiger partial charge in [0.05, 0.1) is 16.1 Å². The van der Waals surface area contributed by atoms with Gasteiger partial charge in [-0.1, -0.05) is 18.6 Å². The van der Waals surface area contributed by atoms with Crippen LogP contribution in [0.25, 0.3) is 0 Å². The molecule has 1 aromatic carbocycles. The molecule has 3 rings (SSSR count). The molecule has 1 aliphatic heterocycles. The molecule has 0 atom stereocenters. The fourth-order valence-corrected chi connectivity index (χ4v) is 4.44. The summed E-state index contributed by atoms with van der Waals surface area (Å²) in [5.41, 5.74) is 0.608. The zero-order chi connectivity index (χ0) is 13.0. The number of rotatable bonds is 2. The van der Waals surface area contributed by atoms with Crippen molar-refractivity contribution >= 4 is 15.8 Å². The van der Waals surface area contributed by atoms with Crippen molar-refractivity contribution < 1.29 is 18.3 Å². The Kier molecular flexibility index (Phi) is 2.32. The molecule has 0 unspecified atom stereocenters. The highest BCUT2D eigenvalue weighted by Gasteiger charge is 2.46. The monoisotopic (exact) mass is 266 g/mol. The molecule has 0 spiro atoms. The second kappa shape index (κ2) is 3.57. The van der Waals surface area contributed by atoms with Gasteiger partial charge in [-0.05, 0) is 36.5 Å². The van der Waals surface area contributed by atoms with Gasteiger partial charge in [0, 0.05) is 0 Å². The SMILES string of the molecule is O=C(O)C1(c2ccc3c(c2)S(=O)(=O)CC3)CCC1. The minimum atomic E-state index is -3.19. The van der Waals surface area contributed by atoms with Crippen molar-refractivity contribution in [2.45, 2.75) is 36.0 Å². The summed E-state index contributed by atoms with van der Waals surface area (Å²) >= 11 is 0. The third-order valence-electron chi connectivity index (χ3n) is 4.21. The van der Waals surface area contributed by atoms with Crippen molar-refractivity contribution in [1.29, 1.82) is 0 Å². The number of hydrogen-bond acceptors (Lipinski definition) is 3. The Morgan fingerprint density at radius 3 is 2.56 bits per heavy atom. The zero-order valence-corrected chi connectivity index (χ0v) is 10.7. The number of fused-ring (bicyclic) bond motifs is 1. The predicted molar refractivity (Wildman–Crippen MR) is 65.4 cm³/mol. The van der Waals surface area contributed by atoms with Crippen molar-refractivity contribution in [1.82, 2.24) is 0 Å². The molecular weight excluding hydrogens is 252 g/mol. The quantitative estimate of drug-likeness (QED) is 0.881. The molecule has 1 N–H and O–H groups in total. The van der Waals surface area contributed by atoms with Gasteiger partial charge >= 0.3 is 5.97 Å². The number of carboxylic acids is 1. The summed E-state index contributed by atoms with van der Waals surface area (Å²) in [6.45, 7) is 0. The Labute approximate surface area is 106 Å². The molecule has 4 nitrogen and oxygen atoms in total. The first-order valence-electron chi connectivity index (χ1n) is 6.05. The van der Waals surface area contributed by atoms with Gasteiger partial charge < -0.3 is 5.11 Å². The lowest BCUT2D eigenvalue weighted by molar-refractivity contribution is -0.147. The molecule has 1 saturated carbocycles. The summed E-state index contributed by atoms with van der Waals surface area (Å²) in [6.07, 6.45) is 2.62. The van der Waals surface area contributed by atoms with Gasteiger partial charge in [0.1, 0.15) is 0 Å². The topological polar surface area (TPSA) is 71.4 Å². The maximum atomic E-state index is 11.9. The van der Waals surface area contributed by atoms with Gasteiger partial charge in [-0.25, -0.2) is 8.42 Å². The average Bonchev–Trinajstić information content (AvgIpc) is 2.53. The van der Waals surface area contributed by atoms with E-state index in [1.54, 1.807) is 18.2 Å². The summed E-state index contributed by atoms with van der Waals surface area (Å²) in [6, 6.07) is 5.15. The fourth-order valence-electron chi connectivity index (χ4n) is 2.86. The van der Waals surface area contributed by atoms with E-state index >= 15 is 0 Å². The van der Waals surface area contributed by atoms with Gasteiger partial charge in [-0.3, -0.25) is 4.79 Å². The van der Waals surface area contributed by atoms with E-state index in [2.05, 4.69) is 0 Å². The summed E-state index contributed by atoms with van der Waals surface area (Å²) in [4.78, 5) is 11.8. The van der Waals surface area contributed by atoms with Gasteiger partial charge in [0.25, 0.3) is 0 Å². The lowest BCUT2D eigenvalue weighted by Gasteiger charge is -2.38. The first kappa shape index (κ1) is 11.7. The second-order valence-corrected chi connectivity index (χ2v) is 7.21. The van der Waals surface area contributed by atoms with Crippen molar-refractivity contribution in [2.24, 2.45) is 0 Å². The van der Waals surface area contributed by atoms with E-state index in [1.165, 1.54) is 0 Å². The fraction of sp³-hybridized carbons (Fsp3) is 0.462. The number of carbonyl (C=O) groups is 1. The van der Waals surface area contributed by atoms with Crippen LogP contribution in [0.4, 0.5) is 0 Å². The summed E-state index contributed by atoms with van der Waals surface area (Å²) < 4.78 is 23.7. The highest BCUT2D eigenvalue weighted by molar-refractivity contribution is 7.91. The highest BCUT2D eigenvalue weighted by atomic mass is 32.2. The largest absolute Gasteiger partial charge is 0.481 e. The van der Waals surface area contributed by atoms with Crippen LogP contribution >= 0.6 is 0 Å².